The molecule has 0 atom stereocenters. The Kier molecular flexibility index (Phi) is 2.23. The van der Waals surface area contributed by atoms with Crippen molar-refractivity contribution in [3.63, 3.8) is 0 Å². The van der Waals surface area contributed by atoms with Crippen LogP contribution in [-0.2, 0) is 6.18 Å². The molecule has 1 heterocycles. The summed E-state index contributed by atoms with van der Waals surface area (Å²) < 4.78 is 42.9. The Balaban J connectivity index is 1.63. The monoisotopic (exact) mass is 257 g/mol. The van der Waals surface area contributed by atoms with E-state index in [4.69, 9.17) is 4.74 Å². The highest BCUT2D eigenvalue weighted by atomic mass is 19.4. The average Bonchev–Trinajstić information content (AvgIpc) is 2.21. The molecule has 0 aliphatic heterocycles. The molecule has 5 heteroatoms. The molecular formula is C13H14F3NO. The second-order valence-corrected chi connectivity index (χ2v) is 6.00. The van der Waals surface area contributed by atoms with Crippen molar-refractivity contribution in [3.8, 4) is 5.75 Å². The molecule has 0 radical (unpaired) electrons. The first-order chi connectivity index (χ1) is 8.30. The van der Waals surface area contributed by atoms with E-state index in [2.05, 4.69) is 11.9 Å². The molecule has 3 saturated carbocycles. The van der Waals surface area contributed by atoms with Gasteiger partial charge in [-0.3, -0.25) is 4.98 Å². The van der Waals surface area contributed by atoms with Gasteiger partial charge in [0.25, 0.3) is 0 Å². The number of rotatable bonds is 3. The Bertz CT molecular complexity index is 464. The molecule has 4 rings (SSSR count). The van der Waals surface area contributed by atoms with E-state index >= 15 is 0 Å². The fourth-order valence-corrected chi connectivity index (χ4v) is 3.61. The summed E-state index contributed by atoms with van der Waals surface area (Å²) in [6.45, 7) is 2.76. The molecule has 0 spiro atoms. The first-order valence-electron chi connectivity index (χ1n) is 5.97. The van der Waals surface area contributed by atoms with Gasteiger partial charge in [0.05, 0.1) is 6.61 Å². The van der Waals surface area contributed by atoms with E-state index in [9.17, 15) is 13.2 Å². The van der Waals surface area contributed by atoms with Crippen LogP contribution < -0.4 is 4.74 Å². The zero-order valence-electron chi connectivity index (χ0n) is 10.0. The lowest BCUT2D eigenvalue weighted by Crippen LogP contribution is -2.62. The smallest absolute Gasteiger partial charge is 0.433 e. The van der Waals surface area contributed by atoms with Gasteiger partial charge in [-0.05, 0) is 30.7 Å². The SMILES string of the molecule is CC12CC(COc3ccnc(C(F)(F)F)c3)(C1)C2. The third-order valence-electron chi connectivity index (χ3n) is 3.97. The minimum Gasteiger partial charge on any atom is -0.493 e. The quantitative estimate of drug-likeness (QED) is 0.824. The number of alkyl halides is 3. The second-order valence-electron chi connectivity index (χ2n) is 6.00. The molecule has 18 heavy (non-hydrogen) atoms. The highest BCUT2D eigenvalue weighted by Gasteiger charge is 2.65. The predicted octanol–water partition coefficient (Wildman–Crippen LogP) is 3.67. The molecule has 2 bridgehead atoms. The third-order valence-corrected chi connectivity index (χ3v) is 3.97. The fourth-order valence-electron chi connectivity index (χ4n) is 3.61. The van der Waals surface area contributed by atoms with Crippen LogP contribution in [-0.4, -0.2) is 11.6 Å². The lowest BCUT2D eigenvalue weighted by Gasteiger charge is -2.69. The van der Waals surface area contributed by atoms with Crippen molar-refractivity contribution in [2.75, 3.05) is 6.61 Å². The zero-order chi connectivity index (χ0) is 13.0. The summed E-state index contributed by atoms with van der Waals surface area (Å²) in [7, 11) is 0. The van der Waals surface area contributed by atoms with Gasteiger partial charge in [-0.25, -0.2) is 0 Å². The van der Waals surface area contributed by atoms with Crippen LogP contribution in [0.25, 0.3) is 0 Å². The molecule has 0 amide bonds. The summed E-state index contributed by atoms with van der Waals surface area (Å²) in [5.74, 6) is 0.257. The Morgan fingerprint density at radius 1 is 1.33 bits per heavy atom. The second kappa shape index (κ2) is 3.39. The highest BCUT2D eigenvalue weighted by Crippen LogP contribution is 2.72. The zero-order valence-corrected chi connectivity index (χ0v) is 10.0. The molecule has 3 aliphatic carbocycles. The Morgan fingerprint density at radius 3 is 2.56 bits per heavy atom. The van der Waals surface area contributed by atoms with Gasteiger partial charge in [0, 0.05) is 17.7 Å². The van der Waals surface area contributed by atoms with Crippen LogP contribution in [0.4, 0.5) is 13.2 Å². The van der Waals surface area contributed by atoms with Crippen molar-refractivity contribution in [1.82, 2.24) is 4.98 Å². The van der Waals surface area contributed by atoms with Crippen LogP contribution in [0, 0.1) is 10.8 Å². The molecule has 0 N–H and O–H groups in total. The van der Waals surface area contributed by atoms with E-state index in [1.807, 2.05) is 0 Å². The number of nitrogens with zero attached hydrogens (tertiary/aromatic N) is 1. The van der Waals surface area contributed by atoms with Crippen molar-refractivity contribution in [2.24, 2.45) is 10.8 Å². The molecule has 1 aromatic rings. The van der Waals surface area contributed by atoms with E-state index in [1.54, 1.807) is 0 Å². The van der Waals surface area contributed by atoms with Gasteiger partial charge in [0.15, 0.2) is 0 Å². The summed E-state index contributed by atoms with van der Waals surface area (Å²) >= 11 is 0. The summed E-state index contributed by atoms with van der Waals surface area (Å²) in [5.41, 5.74) is -0.181. The van der Waals surface area contributed by atoms with Crippen molar-refractivity contribution in [3.05, 3.63) is 24.0 Å². The molecule has 0 saturated heterocycles. The third kappa shape index (κ3) is 1.85. The topological polar surface area (TPSA) is 22.1 Å². The van der Waals surface area contributed by atoms with Gasteiger partial charge >= 0.3 is 6.18 Å². The minimum atomic E-state index is -4.41. The van der Waals surface area contributed by atoms with Crippen molar-refractivity contribution in [2.45, 2.75) is 32.4 Å². The maximum absolute atomic E-state index is 12.5. The number of ether oxygens (including phenoxy) is 1. The largest absolute Gasteiger partial charge is 0.493 e. The van der Waals surface area contributed by atoms with Crippen molar-refractivity contribution < 1.29 is 17.9 Å². The first kappa shape index (κ1) is 11.8. The minimum absolute atomic E-state index is 0.233. The Labute approximate surface area is 103 Å². The first-order valence-corrected chi connectivity index (χ1v) is 5.97. The summed E-state index contributed by atoms with van der Waals surface area (Å²) in [5, 5.41) is 0. The highest BCUT2D eigenvalue weighted by molar-refractivity contribution is 5.25. The van der Waals surface area contributed by atoms with E-state index in [1.165, 1.54) is 6.07 Å². The van der Waals surface area contributed by atoms with Gasteiger partial charge in [-0.1, -0.05) is 6.92 Å². The molecule has 1 aromatic heterocycles. The van der Waals surface area contributed by atoms with Gasteiger partial charge in [-0.2, -0.15) is 13.2 Å². The van der Waals surface area contributed by atoms with Gasteiger partial charge in [-0.15, -0.1) is 0 Å². The normalized spacial score (nSPS) is 33.6. The van der Waals surface area contributed by atoms with Crippen molar-refractivity contribution >= 4 is 0 Å². The molecule has 98 valence electrons. The summed E-state index contributed by atoms with van der Waals surface area (Å²) in [4.78, 5) is 3.31. The van der Waals surface area contributed by atoms with Gasteiger partial charge in [0.1, 0.15) is 11.4 Å². The number of halogens is 3. The van der Waals surface area contributed by atoms with Crippen LogP contribution in [0.15, 0.2) is 18.3 Å². The van der Waals surface area contributed by atoms with Gasteiger partial charge in [0.2, 0.25) is 0 Å². The van der Waals surface area contributed by atoms with Crippen LogP contribution in [0.1, 0.15) is 31.9 Å². The molecule has 3 aliphatic rings. The average molecular weight is 257 g/mol. The predicted molar refractivity (Wildman–Crippen MR) is 59.1 cm³/mol. The lowest BCUT2D eigenvalue weighted by atomic mass is 9.36. The molecule has 0 unspecified atom stereocenters. The molecular weight excluding hydrogens is 243 g/mol. The van der Waals surface area contributed by atoms with Crippen LogP contribution >= 0.6 is 0 Å². The Morgan fingerprint density at radius 2 is 2.00 bits per heavy atom. The van der Waals surface area contributed by atoms with E-state index in [0.29, 0.717) is 12.0 Å². The lowest BCUT2D eigenvalue weighted by molar-refractivity contribution is -0.206. The van der Waals surface area contributed by atoms with Crippen LogP contribution in [0.5, 0.6) is 5.75 Å². The summed E-state index contributed by atoms with van der Waals surface area (Å²) in [6.07, 6.45) is 0.135. The van der Waals surface area contributed by atoms with Crippen LogP contribution in [0.2, 0.25) is 0 Å². The van der Waals surface area contributed by atoms with E-state index < -0.39 is 11.9 Å². The van der Waals surface area contributed by atoms with Crippen molar-refractivity contribution in [1.29, 1.82) is 0 Å². The number of aromatic nitrogens is 1. The number of hydrogen-bond donors (Lipinski definition) is 0. The number of hydrogen-bond acceptors (Lipinski definition) is 2. The molecule has 2 nitrogen and oxygen atoms in total. The summed E-state index contributed by atoms with van der Waals surface area (Å²) in [6, 6.07) is 2.44. The number of pyridine rings is 1. The van der Waals surface area contributed by atoms with Crippen LogP contribution in [0.3, 0.4) is 0 Å². The van der Waals surface area contributed by atoms with Gasteiger partial charge < -0.3 is 4.74 Å². The maximum Gasteiger partial charge on any atom is 0.433 e. The van der Waals surface area contributed by atoms with E-state index in [0.717, 1.165) is 31.5 Å². The standard InChI is InChI=1S/C13H14F3NO/c1-11-5-12(6-11,7-11)8-18-9-2-3-17-10(4-9)13(14,15)16/h2-4H,5-8H2,1H3. The van der Waals surface area contributed by atoms with E-state index in [-0.39, 0.29) is 11.2 Å². The molecule has 3 fully saturated rings. The fraction of sp³-hybridized carbons (Fsp3) is 0.615. The maximum atomic E-state index is 12.5. The molecule has 0 aromatic carbocycles. The Hall–Kier alpha value is -1.26.